The van der Waals surface area contributed by atoms with Gasteiger partial charge in [-0.25, -0.2) is 9.69 Å². The number of anilines is 1. The SMILES string of the molecule is Cc1ccc(C(=O)N(C)C(=O)OCCc2ccccc2)cc1N. The Morgan fingerprint density at radius 2 is 1.83 bits per heavy atom. The quantitative estimate of drug-likeness (QED) is 0.881. The molecule has 2 aromatic carbocycles. The predicted octanol–water partition coefficient (Wildman–Crippen LogP) is 3.03. The van der Waals surface area contributed by atoms with Gasteiger partial charge in [0.05, 0.1) is 6.61 Å². The van der Waals surface area contributed by atoms with E-state index < -0.39 is 12.0 Å². The standard InChI is InChI=1S/C18H20N2O3/c1-13-8-9-15(12-16(13)19)17(21)20(2)18(22)23-11-10-14-6-4-3-5-7-14/h3-9,12H,10-11,19H2,1-2H3. The number of nitrogens with zero attached hydrogens (tertiary/aromatic N) is 1. The van der Waals surface area contributed by atoms with E-state index in [9.17, 15) is 9.59 Å². The lowest BCUT2D eigenvalue weighted by atomic mass is 10.1. The van der Waals surface area contributed by atoms with Crippen LogP contribution < -0.4 is 5.73 Å². The molecule has 2 N–H and O–H groups in total. The van der Waals surface area contributed by atoms with Gasteiger partial charge in [-0.1, -0.05) is 36.4 Å². The molecule has 0 radical (unpaired) electrons. The highest BCUT2D eigenvalue weighted by atomic mass is 16.6. The molecule has 0 atom stereocenters. The monoisotopic (exact) mass is 312 g/mol. The van der Waals surface area contributed by atoms with Gasteiger partial charge in [0.25, 0.3) is 5.91 Å². The van der Waals surface area contributed by atoms with Crippen molar-refractivity contribution in [1.82, 2.24) is 4.90 Å². The maximum Gasteiger partial charge on any atom is 0.416 e. The molecule has 0 aromatic heterocycles. The van der Waals surface area contributed by atoms with Gasteiger partial charge in [-0.15, -0.1) is 0 Å². The topological polar surface area (TPSA) is 72.6 Å². The van der Waals surface area contributed by atoms with Gasteiger partial charge in [0, 0.05) is 24.7 Å². The molecule has 2 rings (SSSR count). The van der Waals surface area contributed by atoms with Gasteiger partial charge in [-0.2, -0.15) is 0 Å². The van der Waals surface area contributed by atoms with Crippen LogP contribution in [0.25, 0.3) is 0 Å². The minimum absolute atomic E-state index is 0.219. The van der Waals surface area contributed by atoms with E-state index >= 15 is 0 Å². The molecule has 23 heavy (non-hydrogen) atoms. The summed E-state index contributed by atoms with van der Waals surface area (Å²) >= 11 is 0. The van der Waals surface area contributed by atoms with Crippen LogP contribution in [0.3, 0.4) is 0 Å². The van der Waals surface area contributed by atoms with Crippen LogP contribution in [0.15, 0.2) is 48.5 Å². The smallest absolute Gasteiger partial charge is 0.416 e. The lowest BCUT2D eigenvalue weighted by Gasteiger charge is -2.16. The Morgan fingerprint density at radius 3 is 2.48 bits per heavy atom. The summed E-state index contributed by atoms with van der Waals surface area (Å²) in [5, 5.41) is 0. The molecular weight excluding hydrogens is 292 g/mol. The summed E-state index contributed by atoms with van der Waals surface area (Å²) in [6, 6.07) is 14.6. The Morgan fingerprint density at radius 1 is 1.13 bits per heavy atom. The van der Waals surface area contributed by atoms with Crippen LogP contribution in [0.4, 0.5) is 10.5 Å². The first kappa shape index (κ1) is 16.5. The van der Waals surface area contributed by atoms with Crippen molar-refractivity contribution in [3.05, 3.63) is 65.2 Å². The van der Waals surface area contributed by atoms with Gasteiger partial charge in [0.1, 0.15) is 0 Å². The number of carbonyl (C=O) groups is 2. The second-order valence-electron chi connectivity index (χ2n) is 5.29. The summed E-state index contributed by atoms with van der Waals surface area (Å²) in [6.07, 6.45) is -0.0726. The molecule has 0 aliphatic rings. The van der Waals surface area contributed by atoms with Crippen molar-refractivity contribution in [3.8, 4) is 0 Å². The Kier molecular flexibility index (Phi) is 5.36. The molecule has 0 aliphatic carbocycles. The minimum Gasteiger partial charge on any atom is -0.449 e. The number of carbonyl (C=O) groups excluding carboxylic acids is 2. The Bertz CT molecular complexity index is 699. The highest BCUT2D eigenvalue weighted by Crippen LogP contribution is 2.14. The number of ether oxygens (including phenoxy) is 1. The molecule has 0 unspecified atom stereocenters. The molecule has 0 fully saturated rings. The van der Waals surface area contributed by atoms with E-state index in [4.69, 9.17) is 10.5 Å². The molecule has 0 spiro atoms. The van der Waals surface area contributed by atoms with Crippen molar-refractivity contribution in [1.29, 1.82) is 0 Å². The lowest BCUT2D eigenvalue weighted by molar-refractivity contribution is 0.0711. The normalized spacial score (nSPS) is 10.2. The van der Waals surface area contributed by atoms with E-state index in [1.54, 1.807) is 18.2 Å². The fourth-order valence-corrected chi connectivity index (χ4v) is 2.05. The van der Waals surface area contributed by atoms with Crippen LogP contribution in [-0.4, -0.2) is 30.6 Å². The van der Waals surface area contributed by atoms with Crippen LogP contribution in [0, 0.1) is 6.92 Å². The number of nitrogens with two attached hydrogens (primary N) is 1. The van der Waals surface area contributed by atoms with Gasteiger partial charge < -0.3 is 10.5 Å². The molecule has 0 aliphatic heterocycles. The zero-order valence-electron chi connectivity index (χ0n) is 13.3. The largest absolute Gasteiger partial charge is 0.449 e. The molecule has 2 amide bonds. The number of imide groups is 1. The molecule has 0 heterocycles. The second-order valence-corrected chi connectivity index (χ2v) is 5.29. The maximum atomic E-state index is 12.3. The Hall–Kier alpha value is -2.82. The van der Waals surface area contributed by atoms with E-state index in [0.717, 1.165) is 16.0 Å². The van der Waals surface area contributed by atoms with Crippen molar-refractivity contribution < 1.29 is 14.3 Å². The van der Waals surface area contributed by atoms with Gasteiger partial charge in [-0.3, -0.25) is 4.79 Å². The number of hydrogen-bond acceptors (Lipinski definition) is 4. The molecule has 0 saturated carbocycles. The third-order valence-electron chi connectivity index (χ3n) is 3.56. The Labute approximate surface area is 135 Å². The number of rotatable bonds is 4. The summed E-state index contributed by atoms with van der Waals surface area (Å²) in [7, 11) is 1.39. The third-order valence-corrected chi connectivity index (χ3v) is 3.56. The first-order valence-electron chi connectivity index (χ1n) is 7.34. The molecule has 2 aromatic rings. The predicted molar refractivity (Wildman–Crippen MR) is 89.2 cm³/mol. The average Bonchev–Trinajstić information content (AvgIpc) is 2.57. The fraction of sp³-hybridized carbons (Fsp3) is 0.222. The molecule has 0 saturated heterocycles. The minimum atomic E-state index is -0.676. The van der Waals surface area contributed by atoms with E-state index in [2.05, 4.69) is 0 Å². The van der Waals surface area contributed by atoms with Crippen molar-refractivity contribution in [2.45, 2.75) is 13.3 Å². The van der Waals surface area contributed by atoms with E-state index in [0.29, 0.717) is 17.7 Å². The van der Waals surface area contributed by atoms with E-state index in [-0.39, 0.29) is 6.61 Å². The van der Waals surface area contributed by atoms with Gasteiger partial charge in [-0.05, 0) is 30.2 Å². The van der Waals surface area contributed by atoms with Crippen LogP contribution in [-0.2, 0) is 11.2 Å². The third kappa shape index (κ3) is 4.32. The zero-order chi connectivity index (χ0) is 16.8. The number of nitrogen functional groups attached to an aromatic ring is 1. The number of aryl methyl sites for hydroxylation is 1. The van der Waals surface area contributed by atoms with Gasteiger partial charge in [0.15, 0.2) is 0 Å². The highest BCUT2D eigenvalue weighted by molar-refractivity contribution is 6.03. The molecule has 5 heteroatoms. The highest BCUT2D eigenvalue weighted by Gasteiger charge is 2.20. The average molecular weight is 312 g/mol. The van der Waals surface area contributed by atoms with Gasteiger partial charge in [0.2, 0.25) is 0 Å². The van der Waals surface area contributed by atoms with Crippen LogP contribution >= 0.6 is 0 Å². The number of hydrogen-bond donors (Lipinski definition) is 1. The van der Waals surface area contributed by atoms with Gasteiger partial charge >= 0.3 is 6.09 Å². The first-order chi connectivity index (χ1) is 11.0. The van der Waals surface area contributed by atoms with E-state index in [1.807, 2.05) is 37.3 Å². The summed E-state index contributed by atoms with van der Waals surface area (Å²) in [5.41, 5.74) is 8.62. The molecule has 0 bridgehead atoms. The maximum absolute atomic E-state index is 12.3. The zero-order valence-corrected chi connectivity index (χ0v) is 13.3. The van der Waals surface area contributed by atoms with Crippen molar-refractivity contribution in [2.75, 3.05) is 19.4 Å². The summed E-state index contributed by atoms with van der Waals surface area (Å²) in [4.78, 5) is 25.2. The Balaban J connectivity index is 1.91. The lowest BCUT2D eigenvalue weighted by Crippen LogP contribution is -2.34. The van der Waals surface area contributed by atoms with Crippen LogP contribution in [0.2, 0.25) is 0 Å². The van der Waals surface area contributed by atoms with Crippen molar-refractivity contribution in [3.63, 3.8) is 0 Å². The summed E-state index contributed by atoms with van der Waals surface area (Å²) in [5.74, 6) is -0.443. The van der Waals surface area contributed by atoms with Crippen molar-refractivity contribution in [2.24, 2.45) is 0 Å². The van der Waals surface area contributed by atoms with E-state index in [1.165, 1.54) is 7.05 Å². The summed E-state index contributed by atoms with van der Waals surface area (Å²) < 4.78 is 5.14. The first-order valence-corrected chi connectivity index (χ1v) is 7.34. The van der Waals surface area contributed by atoms with Crippen LogP contribution in [0.1, 0.15) is 21.5 Å². The second kappa shape index (κ2) is 7.45. The number of amides is 2. The molecular formula is C18H20N2O3. The fourth-order valence-electron chi connectivity index (χ4n) is 2.05. The molecule has 120 valence electrons. The van der Waals surface area contributed by atoms with Crippen LogP contribution in [0.5, 0.6) is 0 Å². The molecule has 5 nitrogen and oxygen atoms in total. The summed E-state index contributed by atoms with van der Waals surface area (Å²) in [6.45, 7) is 2.07. The van der Waals surface area contributed by atoms with Crippen molar-refractivity contribution >= 4 is 17.7 Å². The number of benzene rings is 2.